The van der Waals surface area contributed by atoms with Crippen LogP contribution in [0.4, 0.5) is 13.2 Å². The number of carbonyl (C=O) groups excluding carboxylic acids is 2. The van der Waals surface area contributed by atoms with Gasteiger partial charge in [-0.05, 0) is 31.9 Å². The second-order valence-electron chi connectivity index (χ2n) is 5.62. The van der Waals surface area contributed by atoms with E-state index in [1.807, 2.05) is 0 Å². The summed E-state index contributed by atoms with van der Waals surface area (Å²) >= 11 is 0. The van der Waals surface area contributed by atoms with Crippen LogP contribution in [0, 0.1) is 0 Å². The van der Waals surface area contributed by atoms with Gasteiger partial charge >= 0.3 is 6.18 Å². The number of nitrogens with zero attached hydrogens (tertiary/aromatic N) is 1. The van der Waals surface area contributed by atoms with E-state index in [9.17, 15) is 22.8 Å². The summed E-state index contributed by atoms with van der Waals surface area (Å²) in [5.74, 6) is -0.777. The summed E-state index contributed by atoms with van der Waals surface area (Å²) in [5, 5.41) is 0. The van der Waals surface area contributed by atoms with E-state index in [1.54, 1.807) is 0 Å². The minimum absolute atomic E-state index is 0.151. The highest BCUT2D eigenvalue weighted by molar-refractivity contribution is 5.97. The van der Waals surface area contributed by atoms with Crippen LogP contribution in [-0.2, 0) is 0 Å². The Kier molecular flexibility index (Phi) is 4.88. The Morgan fingerprint density at radius 1 is 1.09 bits per heavy atom. The molecule has 0 atom stereocenters. The smallest absolute Gasteiger partial charge is 0.327 e. The normalized spacial score (nSPS) is 15.8. The van der Waals surface area contributed by atoms with Crippen LogP contribution in [0.2, 0.25) is 0 Å². The topological polar surface area (TPSA) is 37.4 Å². The fraction of sp³-hybridized carbons (Fsp3) is 0.500. The fourth-order valence-corrected chi connectivity index (χ4v) is 2.79. The van der Waals surface area contributed by atoms with E-state index >= 15 is 0 Å². The molecule has 1 aliphatic carbocycles. The summed E-state index contributed by atoms with van der Waals surface area (Å²) in [4.78, 5) is 24.6. The lowest BCUT2D eigenvalue weighted by Gasteiger charge is -2.30. The Hall–Kier alpha value is -1.85. The van der Waals surface area contributed by atoms with Crippen molar-refractivity contribution in [2.75, 3.05) is 6.54 Å². The highest BCUT2D eigenvalue weighted by atomic mass is 19.4. The number of amides is 1. The Balaban J connectivity index is 2.22. The monoisotopic (exact) mass is 313 g/mol. The number of hydrogen-bond donors (Lipinski definition) is 0. The molecule has 0 spiro atoms. The van der Waals surface area contributed by atoms with E-state index in [4.69, 9.17) is 0 Å². The van der Waals surface area contributed by atoms with Crippen LogP contribution in [0.1, 0.15) is 53.3 Å². The van der Waals surface area contributed by atoms with Crippen LogP contribution in [-0.4, -0.2) is 35.4 Å². The summed E-state index contributed by atoms with van der Waals surface area (Å²) in [7, 11) is 0. The van der Waals surface area contributed by atoms with Crippen molar-refractivity contribution in [1.29, 1.82) is 0 Å². The van der Waals surface area contributed by atoms with Gasteiger partial charge in [0.05, 0.1) is 0 Å². The molecule has 1 fully saturated rings. The summed E-state index contributed by atoms with van der Waals surface area (Å²) in [6.07, 6.45) is -1.52. The van der Waals surface area contributed by atoms with Crippen molar-refractivity contribution in [3.05, 3.63) is 35.4 Å². The first-order valence-corrected chi connectivity index (χ1v) is 7.26. The van der Waals surface area contributed by atoms with Crippen LogP contribution in [0.15, 0.2) is 24.3 Å². The molecule has 1 saturated carbocycles. The van der Waals surface area contributed by atoms with Crippen LogP contribution in [0.5, 0.6) is 0 Å². The molecule has 6 heteroatoms. The molecule has 3 nitrogen and oxygen atoms in total. The average Bonchev–Trinajstić information content (AvgIpc) is 2.97. The zero-order valence-corrected chi connectivity index (χ0v) is 12.3. The number of rotatable bonds is 4. The van der Waals surface area contributed by atoms with Crippen LogP contribution in [0.3, 0.4) is 0 Å². The van der Waals surface area contributed by atoms with E-state index in [0.717, 1.165) is 17.7 Å². The summed E-state index contributed by atoms with van der Waals surface area (Å²) in [5.41, 5.74) is 0.612. The SMILES string of the molecule is CC(=O)c1ccc(C(=O)N(CC(F)(F)F)C2CCCC2)cc1. The van der Waals surface area contributed by atoms with Crippen molar-refractivity contribution in [2.45, 2.75) is 44.8 Å². The van der Waals surface area contributed by atoms with E-state index in [2.05, 4.69) is 0 Å². The number of halogens is 3. The van der Waals surface area contributed by atoms with Gasteiger partial charge in [-0.25, -0.2) is 0 Å². The quantitative estimate of drug-likeness (QED) is 0.792. The van der Waals surface area contributed by atoms with Gasteiger partial charge in [-0.15, -0.1) is 0 Å². The molecular formula is C16H18F3NO2. The molecule has 1 aliphatic rings. The third-order valence-electron chi connectivity index (χ3n) is 3.91. The molecule has 0 unspecified atom stereocenters. The summed E-state index contributed by atoms with van der Waals surface area (Å²) < 4.78 is 38.3. The predicted molar refractivity (Wildman–Crippen MR) is 75.8 cm³/mol. The lowest BCUT2D eigenvalue weighted by molar-refractivity contribution is -0.144. The molecule has 1 aromatic carbocycles. The van der Waals surface area contributed by atoms with Gasteiger partial charge in [-0.3, -0.25) is 9.59 Å². The van der Waals surface area contributed by atoms with E-state index in [-0.39, 0.29) is 17.4 Å². The van der Waals surface area contributed by atoms with Crippen LogP contribution < -0.4 is 0 Å². The van der Waals surface area contributed by atoms with Gasteiger partial charge in [-0.2, -0.15) is 13.2 Å². The van der Waals surface area contributed by atoms with Crippen molar-refractivity contribution in [3.8, 4) is 0 Å². The number of carbonyl (C=O) groups is 2. The Labute approximate surface area is 127 Å². The van der Waals surface area contributed by atoms with E-state index in [0.29, 0.717) is 18.4 Å². The maximum Gasteiger partial charge on any atom is 0.406 e. The van der Waals surface area contributed by atoms with Crippen molar-refractivity contribution < 1.29 is 22.8 Å². The van der Waals surface area contributed by atoms with Gasteiger partial charge in [0.25, 0.3) is 5.91 Å². The molecule has 0 radical (unpaired) electrons. The van der Waals surface area contributed by atoms with Crippen LogP contribution in [0.25, 0.3) is 0 Å². The maximum absolute atomic E-state index is 12.8. The molecule has 0 aliphatic heterocycles. The Morgan fingerprint density at radius 2 is 1.59 bits per heavy atom. The first-order chi connectivity index (χ1) is 10.3. The molecular weight excluding hydrogens is 295 g/mol. The lowest BCUT2D eigenvalue weighted by atomic mass is 10.1. The summed E-state index contributed by atoms with van der Waals surface area (Å²) in [6.45, 7) is 0.163. The van der Waals surface area contributed by atoms with Gasteiger partial charge in [0.1, 0.15) is 6.54 Å². The fourth-order valence-electron chi connectivity index (χ4n) is 2.79. The minimum atomic E-state index is -4.42. The zero-order valence-electron chi connectivity index (χ0n) is 12.3. The van der Waals surface area contributed by atoms with Crippen molar-refractivity contribution in [3.63, 3.8) is 0 Å². The number of ketones is 1. The molecule has 0 aromatic heterocycles. The Bertz CT molecular complexity index is 546. The summed E-state index contributed by atoms with van der Waals surface area (Å²) in [6, 6.07) is 5.41. The first kappa shape index (κ1) is 16.5. The molecule has 0 saturated heterocycles. The largest absolute Gasteiger partial charge is 0.406 e. The highest BCUT2D eigenvalue weighted by Gasteiger charge is 2.37. The number of hydrogen-bond acceptors (Lipinski definition) is 2. The third-order valence-corrected chi connectivity index (χ3v) is 3.91. The van der Waals surface area contributed by atoms with Crippen molar-refractivity contribution in [1.82, 2.24) is 4.90 Å². The van der Waals surface area contributed by atoms with Gasteiger partial charge in [0, 0.05) is 17.2 Å². The third kappa shape index (κ3) is 4.08. The van der Waals surface area contributed by atoms with Gasteiger partial charge in [-0.1, -0.05) is 25.0 Å². The van der Waals surface area contributed by atoms with Gasteiger partial charge in [0.15, 0.2) is 5.78 Å². The molecule has 0 N–H and O–H groups in total. The Morgan fingerprint density at radius 3 is 2.05 bits per heavy atom. The molecule has 0 heterocycles. The number of benzene rings is 1. The van der Waals surface area contributed by atoms with Crippen molar-refractivity contribution in [2.24, 2.45) is 0 Å². The van der Waals surface area contributed by atoms with E-state index < -0.39 is 18.6 Å². The molecule has 120 valence electrons. The number of alkyl halides is 3. The second-order valence-corrected chi connectivity index (χ2v) is 5.62. The molecule has 2 rings (SSSR count). The first-order valence-electron chi connectivity index (χ1n) is 7.26. The standard InChI is InChI=1S/C16H18F3NO2/c1-11(21)12-6-8-13(9-7-12)15(22)20(10-16(17,18)19)14-4-2-3-5-14/h6-9,14H,2-5,10H2,1H3. The lowest BCUT2D eigenvalue weighted by Crippen LogP contribution is -2.44. The predicted octanol–water partition coefficient (Wildman–Crippen LogP) is 3.84. The van der Waals surface area contributed by atoms with E-state index in [1.165, 1.54) is 31.2 Å². The second kappa shape index (κ2) is 6.50. The molecule has 1 amide bonds. The van der Waals surface area contributed by atoms with Crippen LogP contribution >= 0.6 is 0 Å². The maximum atomic E-state index is 12.8. The molecule has 0 bridgehead atoms. The molecule has 22 heavy (non-hydrogen) atoms. The highest BCUT2D eigenvalue weighted by Crippen LogP contribution is 2.28. The number of Topliss-reactive ketones (excluding diaryl/α,β-unsaturated/α-hetero) is 1. The van der Waals surface area contributed by atoms with Gasteiger partial charge < -0.3 is 4.90 Å². The zero-order chi connectivity index (χ0) is 16.3. The van der Waals surface area contributed by atoms with Gasteiger partial charge in [0.2, 0.25) is 0 Å². The average molecular weight is 313 g/mol. The minimum Gasteiger partial charge on any atom is -0.327 e. The molecule has 1 aromatic rings. The van der Waals surface area contributed by atoms with Crippen molar-refractivity contribution >= 4 is 11.7 Å².